The third-order valence-electron chi connectivity index (χ3n) is 4.10. The van der Waals surface area contributed by atoms with Gasteiger partial charge in [0, 0.05) is 33.2 Å². The van der Waals surface area contributed by atoms with Crippen molar-refractivity contribution in [1.82, 2.24) is 19.7 Å². The van der Waals surface area contributed by atoms with Crippen LogP contribution in [0.3, 0.4) is 0 Å². The lowest BCUT2D eigenvalue weighted by Crippen LogP contribution is -2.26. The Morgan fingerprint density at radius 1 is 1.32 bits per heavy atom. The maximum atomic E-state index is 5.87. The maximum absolute atomic E-state index is 5.87. The SMILES string of the molecule is Cn1nc(N)nc1NCCCOc1cccc(CN2CC=CCC2)c1. The highest BCUT2D eigenvalue weighted by molar-refractivity contribution is 5.31. The molecule has 7 nitrogen and oxygen atoms in total. The van der Waals surface area contributed by atoms with Crippen LogP contribution in [0.15, 0.2) is 36.4 Å². The second-order valence-corrected chi connectivity index (χ2v) is 6.19. The van der Waals surface area contributed by atoms with Crippen molar-refractivity contribution in [2.45, 2.75) is 19.4 Å². The molecule has 1 aliphatic rings. The summed E-state index contributed by atoms with van der Waals surface area (Å²) < 4.78 is 7.50. The van der Waals surface area contributed by atoms with Gasteiger partial charge in [0.05, 0.1) is 6.61 Å². The molecule has 134 valence electrons. The van der Waals surface area contributed by atoms with Gasteiger partial charge in [-0.25, -0.2) is 4.68 Å². The molecular formula is C18H26N6O. The van der Waals surface area contributed by atoms with E-state index in [2.05, 4.69) is 50.7 Å². The van der Waals surface area contributed by atoms with Crippen LogP contribution in [0.25, 0.3) is 0 Å². The first kappa shape index (κ1) is 17.3. The van der Waals surface area contributed by atoms with E-state index in [0.29, 0.717) is 12.6 Å². The van der Waals surface area contributed by atoms with E-state index in [-0.39, 0.29) is 5.95 Å². The first-order valence-corrected chi connectivity index (χ1v) is 8.70. The number of anilines is 2. The fourth-order valence-electron chi connectivity index (χ4n) is 2.85. The van der Waals surface area contributed by atoms with Crippen molar-refractivity contribution >= 4 is 11.9 Å². The minimum atomic E-state index is 0.280. The molecule has 7 heteroatoms. The second kappa shape index (κ2) is 8.53. The minimum absolute atomic E-state index is 0.280. The molecule has 0 amide bonds. The highest BCUT2D eigenvalue weighted by Crippen LogP contribution is 2.16. The van der Waals surface area contributed by atoms with Gasteiger partial charge in [-0.3, -0.25) is 4.90 Å². The molecule has 0 unspecified atom stereocenters. The molecule has 0 atom stereocenters. The lowest BCUT2D eigenvalue weighted by Gasteiger charge is -2.23. The number of nitrogen functional groups attached to an aromatic ring is 1. The van der Waals surface area contributed by atoms with Gasteiger partial charge in [-0.15, -0.1) is 5.10 Å². The molecule has 0 saturated carbocycles. The third kappa shape index (κ3) is 5.22. The van der Waals surface area contributed by atoms with Gasteiger partial charge >= 0.3 is 0 Å². The van der Waals surface area contributed by atoms with Crippen molar-refractivity contribution < 1.29 is 4.74 Å². The fraction of sp³-hybridized carbons (Fsp3) is 0.444. The Balaban J connectivity index is 1.40. The highest BCUT2D eigenvalue weighted by atomic mass is 16.5. The van der Waals surface area contributed by atoms with Gasteiger partial charge in [0.25, 0.3) is 0 Å². The average Bonchev–Trinajstić information content (AvgIpc) is 2.93. The Labute approximate surface area is 148 Å². The van der Waals surface area contributed by atoms with Crippen molar-refractivity contribution in [2.75, 3.05) is 37.3 Å². The van der Waals surface area contributed by atoms with Gasteiger partial charge in [0.2, 0.25) is 11.9 Å². The van der Waals surface area contributed by atoms with Gasteiger partial charge in [0.15, 0.2) is 0 Å². The molecule has 3 N–H and O–H groups in total. The summed E-state index contributed by atoms with van der Waals surface area (Å²) in [6, 6.07) is 8.36. The van der Waals surface area contributed by atoms with Gasteiger partial charge < -0.3 is 15.8 Å². The summed E-state index contributed by atoms with van der Waals surface area (Å²) in [6.07, 6.45) is 6.50. The van der Waals surface area contributed by atoms with Crippen molar-refractivity contribution in [3.8, 4) is 5.75 Å². The van der Waals surface area contributed by atoms with Crippen LogP contribution in [0.1, 0.15) is 18.4 Å². The van der Waals surface area contributed by atoms with E-state index in [1.54, 1.807) is 4.68 Å². The topological polar surface area (TPSA) is 81.2 Å². The summed E-state index contributed by atoms with van der Waals surface area (Å²) in [6.45, 7) is 4.53. The average molecular weight is 342 g/mol. The summed E-state index contributed by atoms with van der Waals surface area (Å²) in [4.78, 5) is 6.54. The zero-order valence-electron chi connectivity index (χ0n) is 14.7. The van der Waals surface area contributed by atoms with Crippen LogP contribution in [0.5, 0.6) is 5.75 Å². The second-order valence-electron chi connectivity index (χ2n) is 6.19. The number of nitrogens with two attached hydrogens (primary N) is 1. The van der Waals surface area contributed by atoms with E-state index in [1.807, 2.05) is 13.1 Å². The number of aromatic nitrogens is 3. The normalized spacial score (nSPS) is 14.6. The molecule has 1 aliphatic heterocycles. The summed E-state index contributed by atoms with van der Waals surface area (Å²) in [5, 5.41) is 7.20. The van der Waals surface area contributed by atoms with Crippen LogP contribution in [0.2, 0.25) is 0 Å². The van der Waals surface area contributed by atoms with Gasteiger partial charge in [-0.1, -0.05) is 24.3 Å². The summed E-state index contributed by atoms with van der Waals surface area (Å²) in [7, 11) is 1.81. The Morgan fingerprint density at radius 3 is 3.00 bits per heavy atom. The van der Waals surface area contributed by atoms with Crippen molar-refractivity contribution in [3.63, 3.8) is 0 Å². The van der Waals surface area contributed by atoms with Crippen molar-refractivity contribution in [3.05, 3.63) is 42.0 Å². The molecule has 25 heavy (non-hydrogen) atoms. The predicted octanol–water partition coefficient (Wildman–Crippen LogP) is 2.04. The highest BCUT2D eigenvalue weighted by Gasteiger charge is 2.07. The predicted molar refractivity (Wildman–Crippen MR) is 99.5 cm³/mol. The molecule has 1 aromatic heterocycles. The van der Waals surface area contributed by atoms with Crippen LogP contribution >= 0.6 is 0 Å². The number of ether oxygens (including phenoxy) is 1. The van der Waals surface area contributed by atoms with E-state index >= 15 is 0 Å². The monoisotopic (exact) mass is 342 g/mol. The first-order chi connectivity index (χ1) is 12.2. The van der Waals surface area contributed by atoms with Crippen molar-refractivity contribution in [2.24, 2.45) is 7.05 Å². The van der Waals surface area contributed by atoms with Crippen molar-refractivity contribution in [1.29, 1.82) is 0 Å². The third-order valence-corrected chi connectivity index (χ3v) is 4.10. The number of aryl methyl sites for hydroxylation is 1. The summed E-state index contributed by atoms with van der Waals surface area (Å²) in [5.41, 5.74) is 6.84. The molecule has 2 heterocycles. The smallest absolute Gasteiger partial charge is 0.241 e. The van der Waals surface area contributed by atoms with Crippen LogP contribution in [-0.2, 0) is 13.6 Å². The molecule has 0 fully saturated rings. The van der Waals surface area contributed by atoms with Crippen LogP contribution in [0, 0.1) is 0 Å². The van der Waals surface area contributed by atoms with E-state index in [4.69, 9.17) is 10.5 Å². The zero-order valence-corrected chi connectivity index (χ0v) is 14.7. The van der Waals surface area contributed by atoms with Gasteiger partial charge in [0.1, 0.15) is 5.75 Å². The molecule has 0 bridgehead atoms. The lowest BCUT2D eigenvalue weighted by atomic mass is 10.1. The molecule has 0 spiro atoms. The number of hydrogen-bond acceptors (Lipinski definition) is 6. The van der Waals surface area contributed by atoms with Crippen LogP contribution in [-0.4, -0.2) is 45.9 Å². The molecule has 0 radical (unpaired) electrons. The standard InChI is InChI=1S/C18H26N6O/c1-23-18(21-17(19)22-23)20-9-6-12-25-16-8-5-7-15(13-16)14-24-10-3-2-4-11-24/h2-3,5,7-8,13H,4,6,9-12,14H2,1H3,(H3,19,20,21,22). The Hall–Kier alpha value is -2.54. The lowest BCUT2D eigenvalue weighted by molar-refractivity contribution is 0.288. The Bertz CT molecular complexity index is 711. The molecule has 0 aliphatic carbocycles. The first-order valence-electron chi connectivity index (χ1n) is 8.70. The van der Waals surface area contributed by atoms with Gasteiger partial charge in [-0.2, -0.15) is 4.98 Å². The van der Waals surface area contributed by atoms with Crippen LogP contribution in [0.4, 0.5) is 11.9 Å². The van der Waals surface area contributed by atoms with E-state index < -0.39 is 0 Å². The fourth-order valence-corrected chi connectivity index (χ4v) is 2.85. The molecular weight excluding hydrogens is 316 g/mol. The van der Waals surface area contributed by atoms with Crippen LogP contribution < -0.4 is 15.8 Å². The molecule has 1 aromatic carbocycles. The number of rotatable bonds is 8. The van der Waals surface area contributed by atoms with E-state index in [1.165, 1.54) is 5.56 Å². The quantitative estimate of drug-likeness (QED) is 0.564. The van der Waals surface area contributed by atoms with E-state index in [9.17, 15) is 0 Å². The van der Waals surface area contributed by atoms with E-state index in [0.717, 1.165) is 44.8 Å². The minimum Gasteiger partial charge on any atom is -0.494 e. The summed E-state index contributed by atoms with van der Waals surface area (Å²) >= 11 is 0. The zero-order chi connectivity index (χ0) is 17.5. The largest absolute Gasteiger partial charge is 0.494 e. The molecule has 3 rings (SSSR count). The number of benzene rings is 1. The molecule has 0 saturated heterocycles. The maximum Gasteiger partial charge on any atom is 0.241 e. The summed E-state index contributed by atoms with van der Waals surface area (Å²) in [5.74, 6) is 1.88. The Morgan fingerprint density at radius 2 is 2.24 bits per heavy atom. The van der Waals surface area contributed by atoms with Gasteiger partial charge in [-0.05, 0) is 30.5 Å². The number of hydrogen-bond donors (Lipinski definition) is 2. The molecule has 2 aromatic rings. The number of nitrogens with one attached hydrogen (secondary N) is 1. The number of nitrogens with zero attached hydrogens (tertiary/aromatic N) is 4. The Kier molecular flexibility index (Phi) is 5.90.